The third-order valence-electron chi connectivity index (χ3n) is 5.69. The smallest absolute Gasteiger partial charge is 0.387 e. The predicted molar refractivity (Wildman–Crippen MR) is 113 cm³/mol. The zero-order valence-corrected chi connectivity index (χ0v) is 19.3. The van der Waals surface area contributed by atoms with E-state index < -0.39 is 56.4 Å². The number of alkyl halides is 1. The maximum Gasteiger partial charge on any atom is 0.475 e. The Balaban J connectivity index is 1.44. The molecule has 0 aliphatic carbocycles. The van der Waals surface area contributed by atoms with Crippen LogP contribution in [0.25, 0.3) is 0 Å². The fourth-order valence-electron chi connectivity index (χ4n) is 3.89. The summed E-state index contributed by atoms with van der Waals surface area (Å²) in [7, 11) is -4.19. The largest absolute Gasteiger partial charge is 0.475 e. The Kier molecular flexibility index (Phi) is 6.81. The molecule has 4 rings (SSSR count). The van der Waals surface area contributed by atoms with Gasteiger partial charge in [0.05, 0.1) is 25.7 Å². The summed E-state index contributed by atoms with van der Waals surface area (Å²) in [5.74, 6) is -1.03. The van der Waals surface area contributed by atoms with E-state index in [0.717, 1.165) is 11.8 Å². The van der Waals surface area contributed by atoms with E-state index >= 15 is 4.39 Å². The molecular formula is C21H23ClF2NO7P. The SMILES string of the molecule is C=C1C=CN([C@@H]2O[C@H](CO[P@@]3(=O)OCC[C@H](c4cc(Cl)ccc4F)O3)[C@@H](O)[C@@]2(C)F)C(=O)C1. The average Bonchev–Trinajstić information content (AvgIpc) is 2.97. The third kappa shape index (κ3) is 4.93. The Morgan fingerprint density at radius 2 is 2.21 bits per heavy atom. The number of carbonyl (C=O) groups is 1. The van der Waals surface area contributed by atoms with Crippen molar-refractivity contribution in [3.05, 3.63) is 59.0 Å². The maximum absolute atomic E-state index is 15.3. The average molecular weight is 506 g/mol. The summed E-state index contributed by atoms with van der Waals surface area (Å²) < 4.78 is 63.9. The fourth-order valence-corrected chi connectivity index (χ4v) is 5.46. The molecule has 1 aromatic carbocycles. The van der Waals surface area contributed by atoms with Gasteiger partial charge in [0.15, 0.2) is 11.9 Å². The number of allylic oxidation sites excluding steroid dienone is 1. The number of nitrogens with zero attached hydrogens (tertiary/aromatic N) is 1. The number of carbonyl (C=O) groups excluding carboxylic acids is 1. The molecule has 0 unspecified atom stereocenters. The summed E-state index contributed by atoms with van der Waals surface area (Å²) >= 11 is 5.92. The van der Waals surface area contributed by atoms with Crippen molar-refractivity contribution in [2.75, 3.05) is 13.2 Å². The van der Waals surface area contributed by atoms with Crippen LogP contribution in [-0.2, 0) is 27.7 Å². The first kappa shape index (κ1) is 24.5. The number of ether oxygens (including phenoxy) is 1. The van der Waals surface area contributed by atoms with Gasteiger partial charge in [0, 0.05) is 23.2 Å². The van der Waals surface area contributed by atoms with Gasteiger partial charge >= 0.3 is 7.82 Å². The van der Waals surface area contributed by atoms with Crippen molar-refractivity contribution in [2.24, 2.45) is 0 Å². The summed E-state index contributed by atoms with van der Waals surface area (Å²) in [5.41, 5.74) is -1.69. The molecule has 0 saturated carbocycles. The first-order valence-corrected chi connectivity index (χ1v) is 12.1. The van der Waals surface area contributed by atoms with Crippen molar-refractivity contribution in [1.29, 1.82) is 0 Å². The van der Waals surface area contributed by atoms with Gasteiger partial charge in [-0.3, -0.25) is 23.3 Å². The standard InChI is InChI=1S/C21H23ClF2NO7P/c1-12-5-7-25(18(26)9-12)20-21(2,24)19(27)17(31-20)11-30-33(28)29-8-6-16(32-33)14-10-13(22)3-4-15(14)23/h3-5,7,10,16-17,19-20,27H,1,6,8-9,11H2,2H3/t16-,17-,19-,20-,21-,33-/m1/s1. The normalized spacial score (nSPS) is 37.1. The molecule has 12 heteroatoms. The van der Waals surface area contributed by atoms with Gasteiger partial charge < -0.3 is 9.84 Å². The van der Waals surface area contributed by atoms with E-state index in [1.165, 1.54) is 24.4 Å². The van der Waals surface area contributed by atoms with E-state index in [1.54, 1.807) is 6.08 Å². The molecule has 2 saturated heterocycles. The lowest BCUT2D eigenvalue weighted by molar-refractivity contribution is -0.148. The second-order valence-corrected chi connectivity index (χ2v) is 10.3. The topological polar surface area (TPSA) is 94.5 Å². The van der Waals surface area contributed by atoms with Crippen molar-refractivity contribution >= 4 is 25.3 Å². The van der Waals surface area contributed by atoms with Crippen LogP contribution >= 0.6 is 19.4 Å². The Morgan fingerprint density at radius 3 is 2.94 bits per heavy atom. The number of aliphatic hydroxyl groups excluding tert-OH is 1. The summed E-state index contributed by atoms with van der Waals surface area (Å²) in [6, 6.07) is 3.90. The Morgan fingerprint density at radius 1 is 1.45 bits per heavy atom. The number of benzene rings is 1. The highest BCUT2D eigenvalue weighted by Crippen LogP contribution is 2.57. The lowest BCUT2D eigenvalue weighted by Crippen LogP contribution is -2.50. The molecule has 0 radical (unpaired) electrons. The minimum Gasteiger partial charge on any atom is -0.387 e. The van der Waals surface area contributed by atoms with Crippen LogP contribution in [0.2, 0.25) is 5.02 Å². The first-order chi connectivity index (χ1) is 15.5. The van der Waals surface area contributed by atoms with Crippen LogP contribution < -0.4 is 0 Å². The van der Waals surface area contributed by atoms with E-state index in [9.17, 15) is 18.9 Å². The van der Waals surface area contributed by atoms with Gasteiger partial charge in [0.1, 0.15) is 18.0 Å². The van der Waals surface area contributed by atoms with Crippen LogP contribution in [0.4, 0.5) is 8.78 Å². The van der Waals surface area contributed by atoms with E-state index in [2.05, 4.69) is 6.58 Å². The van der Waals surface area contributed by atoms with Gasteiger partial charge in [-0.15, -0.1) is 0 Å². The lowest BCUT2D eigenvalue weighted by atomic mass is 9.97. The van der Waals surface area contributed by atoms with Crippen molar-refractivity contribution in [2.45, 2.75) is 50.0 Å². The monoisotopic (exact) mass is 505 g/mol. The summed E-state index contributed by atoms with van der Waals surface area (Å²) in [6.07, 6.45) is -2.28. The molecule has 1 aromatic rings. The highest BCUT2D eigenvalue weighted by molar-refractivity contribution is 7.48. The Bertz CT molecular complexity index is 1040. The van der Waals surface area contributed by atoms with Crippen molar-refractivity contribution in [1.82, 2.24) is 4.90 Å². The van der Waals surface area contributed by atoms with Gasteiger partial charge in [-0.2, -0.15) is 0 Å². The molecule has 0 spiro atoms. The molecule has 0 aromatic heterocycles. The third-order valence-corrected chi connectivity index (χ3v) is 7.41. The number of phosphoric ester groups is 1. The van der Waals surface area contributed by atoms with E-state index in [1.807, 2.05) is 0 Å². The minimum absolute atomic E-state index is 0.0119. The maximum atomic E-state index is 15.3. The number of phosphoric acid groups is 1. The molecule has 1 N–H and O–H groups in total. The van der Waals surface area contributed by atoms with E-state index in [4.69, 9.17) is 29.9 Å². The van der Waals surface area contributed by atoms with Crippen molar-refractivity contribution in [3.8, 4) is 0 Å². The second-order valence-electron chi connectivity index (χ2n) is 8.20. The molecular weight excluding hydrogens is 483 g/mol. The number of hydrogen-bond donors (Lipinski definition) is 1. The van der Waals surface area contributed by atoms with Gasteiger partial charge in [-0.25, -0.2) is 13.3 Å². The zero-order chi connectivity index (χ0) is 24.0. The van der Waals surface area contributed by atoms with Crippen LogP contribution in [0.5, 0.6) is 0 Å². The van der Waals surface area contributed by atoms with Crippen LogP contribution in [0.3, 0.4) is 0 Å². The van der Waals surface area contributed by atoms with Crippen molar-refractivity contribution < 1.29 is 41.6 Å². The molecule has 0 bridgehead atoms. The number of rotatable bonds is 5. The van der Waals surface area contributed by atoms with Gasteiger partial charge in [-0.1, -0.05) is 18.2 Å². The summed E-state index contributed by atoms with van der Waals surface area (Å²) in [5, 5.41) is 10.7. The summed E-state index contributed by atoms with van der Waals surface area (Å²) in [4.78, 5) is 13.3. The summed E-state index contributed by atoms with van der Waals surface area (Å²) in [6.45, 7) is 4.18. The Hall–Kier alpha value is -1.65. The molecule has 3 aliphatic rings. The molecule has 33 heavy (non-hydrogen) atoms. The number of amides is 1. The lowest BCUT2D eigenvalue weighted by Gasteiger charge is -2.33. The van der Waals surface area contributed by atoms with Gasteiger partial charge in [-0.05, 0) is 36.8 Å². The molecule has 3 heterocycles. The molecule has 2 fully saturated rings. The molecule has 180 valence electrons. The highest BCUT2D eigenvalue weighted by Gasteiger charge is 2.57. The number of hydrogen-bond acceptors (Lipinski definition) is 7. The van der Waals surface area contributed by atoms with Gasteiger partial charge in [0.2, 0.25) is 5.91 Å². The highest BCUT2D eigenvalue weighted by atomic mass is 35.5. The molecule has 6 atom stereocenters. The fraction of sp³-hybridized carbons (Fsp3) is 0.476. The van der Waals surface area contributed by atoms with Crippen molar-refractivity contribution in [3.63, 3.8) is 0 Å². The molecule has 1 amide bonds. The van der Waals surface area contributed by atoms with Crippen LogP contribution in [-0.4, -0.2) is 53.2 Å². The second kappa shape index (κ2) is 9.19. The van der Waals surface area contributed by atoms with Crippen LogP contribution in [0.15, 0.2) is 42.6 Å². The predicted octanol–water partition coefficient (Wildman–Crippen LogP) is 4.20. The first-order valence-electron chi connectivity index (χ1n) is 10.2. The van der Waals surface area contributed by atoms with Crippen LogP contribution in [0.1, 0.15) is 31.4 Å². The molecule has 8 nitrogen and oxygen atoms in total. The van der Waals surface area contributed by atoms with E-state index in [-0.39, 0.29) is 30.0 Å². The van der Waals surface area contributed by atoms with Gasteiger partial charge in [0.25, 0.3) is 0 Å². The van der Waals surface area contributed by atoms with E-state index in [0.29, 0.717) is 5.57 Å². The molecule has 3 aliphatic heterocycles. The quantitative estimate of drug-likeness (QED) is 0.599. The zero-order valence-electron chi connectivity index (χ0n) is 17.7. The van der Waals surface area contributed by atoms with Crippen LogP contribution in [0, 0.1) is 5.82 Å². The minimum atomic E-state index is -4.19. The Labute approximate surface area is 194 Å². The number of aliphatic hydroxyl groups is 1. The number of halogens is 3.